The maximum Gasteiger partial charge on any atom is 0.241 e. The second-order valence-corrected chi connectivity index (χ2v) is 5.96. The summed E-state index contributed by atoms with van der Waals surface area (Å²) in [6, 6.07) is 5.79. The number of rotatable bonds is 5. The van der Waals surface area contributed by atoms with Crippen LogP contribution in [-0.2, 0) is 11.3 Å². The number of hydrogen-bond acceptors (Lipinski definition) is 4. The minimum absolute atomic E-state index is 0.0142. The molecule has 5 nitrogen and oxygen atoms in total. The van der Waals surface area contributed by atoms with E-state index in [-0.39, 0.29) is 11.9 Å². The molecule has 0 aromatic heterocycles. The van der Waals surface area contributed by atoms with E-state index < -0.39 is 0 Å². The maximum atomic E-state index is 12.4. The van der Waals surface area contributed by atoms with E-state index in [4.69, 9.17) is 4.74 Å². The lowest BCUT2D eigenvalue weighted by Crippen LogP contribution is -2.39. The van der Waals surface area contributed by atoms with Crippen molar-refractivity contribution in [3.05, 3.63) is 23.8 Å². The molecule has 5 heteroatoms. The highest BCUT2D eigenvalue weighted by molar-refractivity contribution is 5.96. The van der Waals surface area contributed by atoms with Crippen molar-refractivity contribution in [1.29, 1.82) is 0 Å². The van der Waals surface area contributed by atoms with Gasteiger partial charge in [-0.2, -0.15) is 0 Å². The number of amides is 1. The van der Waals surface area contributed by atoms with Crippen LogP contribution < -0.4 is 15.4 Å². The largest absolute Gasteiger partial charge is 0.495 e. The number of nitrogens with one attached hydrogen (secondary N) is 2. The number of methoxy groups -OCH3 is 1. The van der Waals surface area contributed by atoms with Crippen LogP contribution in [0.25, 0.3) is 0 Å². The summed E-state index contributed by atoms with van der Waals surface area (Å²) in [4.78, 5) is 14.5. The molecule has 0 bridgehead atoms. The highest BCUT2D eigenvalue weighted by Crippen LogP contribution is 2.27. The number of hydrogen-bond donors (Lipinski definition) is 2. The third-order valence-electron chi connectivity index (χ3n) is 3.84. The van der Waals surface area contributed by atoms with E-state index >= 15 is 0 Å². The first-order valence-corrected chi connectivity index (χ1v) is 7.37. The Labute approximate surface area is 126 Å². The molecule has 1 aromatic rings. The Morgan fingerprint density at radius 2 is 2.24 bits per heavy atom. The normalized spacial score (nSPS) is 21.6. The summed E-state index contributed by atoms with van der Waals surface area (Å²) in [5.74, 6) is 1.07. The minimum Gasteiger partial charge on any atom is -0.495 e. The third-order valence-corrected chi connectivity index (χ3v) is 3.84. The molecule has 1 aliphatic heterocycles. The number of nitrogens with zero attached hydrogens (tertiary/aromatic N) is 1. The van der Waals surface area contributed by atoms with Gasteiger partial charge in [-0.25, -0.2) is 0 Å². The molecule has 116 valence electrons. The fraction of sp³-hybridized carbons (Fsp3) is 0.562. The molecular weight excluding hydrogens is 266 g/mol. The van der Waals surface area contributed by atoms with Crippen molar-refractivity contribution < 1.29 is 9.53 Å². The van der Waals surface area contributed by atoms with Gasteiger partial charge in [-0.1, -0.05) is 13.0 Å². The highest BCUT2D eigenvalue weighted by Gasteiger charge is 2.29. The first kappa shape index (κ1) is 15.8. The fourth-order valence-corrected chi connectivity index (χ4v) is 2.71. The second kappa shape index (κ2) is 6.91. The van der Waals surface area contributed by atoms with Crippen molar-refractivity contribution in [1.82, 2.24) is 10.2 Å². The predicted octanol–water partition coefficient (Wildman–Crippen LogP) is 1.69. The molecule has 1 aliphatic rings. The Bertz CT molecular complexity index is 502. The molecular formula is C16H25N3O2. The standard InChI is InChI=1S/C16H25N3O2/c1-11-7-8-17-15(11)16(20)18-13-9-12(10-19(2)3)5-6-14(13)21-4/h5-6,9,11,15,17H,7-8,10H2,1-4H3,(H,18,20). The molecule has 2 atom stereocenters. The van der Waals surface area contributed by atoms with Crippen LogP contribution in [0.5, 0.6) is 5.75 Å². The number of carbonyl (C=O) groups excluding carboxylic acids is 1. The number of benzene rings is 1. The van der Waals surface area contributed by atoms with Gasteiger partial charge in [0.15, 0.2) is 0 Å². The maximum absolute atomic E-state index is 12.4. The van der Waals surface area contributed by atoms with E-state index in [2.05, 4.69) is 22.5 Å². The predicted molar refractivity (Wildman–Crippen MR) is 84.6 cm³/mol. The van der Waals surface area contributed by atoms with Crippen LogP contribution in [0.3, 0.4) is 0 Å². The lowest BCUT2D eigenvalue weighted by atomic mass is 10.0. The molecule has 2 unspecified atom stereocenters. The summed E-state index contributed by atoms with van der Waals surface area (Å²) in [5.41, 5.74) is 1.88. The van der Waals surface area contributed by atoms with Crippen LogP contribution in [0.2, 0.25) is 0 Å². The van der Waals surface area contributed by atoms with Crippen molar-refractivity contribution in [2.45, 2.75) is 25.9 Å². The van der Waals surface area contributed by atoms with E-state index in [1.54, 1.807) is 7.11 Å². The summed E-state index contributed by atoms with van der Waals surface area (Å²) in [6.45, 7) is 3.83. The van der Waals surface area contributed by atoms with Gasteiger partial charge < -0.3 is 20.3 Å². The summed E-state index contributed by atoms with van der Waals surface area (Å²) >= 11 is 0. The van der Waals surface area contributed by atoms with Crippen LogP contribution in [0.1, 0.15) is 18.9 Å². The first-order valence-electron chi connectivity index (χ1n) is 7.37. The van der Waals surface area contributed by atoms with Crippen molar-refractivity contribution in [2.75, 3.05) is 33.1 Å². The zero-order valence-electron chi connectivity index (χ0n) is 13.3. The topological polar surface area (TPSA) is 53.6 Å². The highest BCUT2D eigenvalue weighted by atomic mass is 16.5. The molecule has 2 N–H and O–H groups in total. The van der Waals surface area contributed by atoms with Gasteiger partial charge in [-0.15, -0.1) is 0 Å². The SMILES string of the molecule is COc1ccc(CN(C)C)cc1NC(=O)C1NCCC1C. The van der Waals surface area contributed by atoms with Gasteiger partial charge in [0.1, 0.15) is 5.75 Å². The van der Waals surface area contributed by atoms with Crippen molar-refractivity contribution in [2.24, 2.45) is 5.92 Å². The number of anilines is 1. The van der Waals surface area contributed by atoms with Gasteiger partial charge in [-0.05, 0) is 50.7 Å². The van der Waals surface area contributed by atoms with Crippen molar-refractivity contribution >= 4 is 11.6 Å². The van der Waals surface area contributed by atoms with E-state index in [9.17, 15) is 4.79 Å². The third kappa shape index (κ3) is 3.95. The quantitative estimate of drug-likeness (QED) is 0.867. The van der Waals surface area contributed by atoms with Crippen molar-refractivity contribution in [3.8, 4) is 5.75 Å². The van der Waals surface area contributed by atoms with Crippen LogP contribution in [0.4, 0.5) is 5.69 Å². The molecule has 1 heterocycles. The fourth-order valence-electron chi connectivity index (χ4n) is 2.71. The molecule has 21 heavy (non-hydrogen) atoms. The van der Waals surface area contributed by atoms with Gasteiger partial charge in [-0.3, -0.25) is 4.79 Å². The van der Waals surface area contributed by atoms with Crippen LogP contribution in [-0.4, -0.2) is 44.6 Å². The van der Waals surface area contributed by atoms with Gasteiger partial charge in [0.2, 0.25) is 5.91 Å². The summed E-state index contributed by atoms with van der Waals surface area (Å²) in [5, 5.41) is 6.25. The minimum atomic E-state index is -0.118. The monoisotopic (exact) mass is 291 g/mol. The van der Waals surface area contributed by atoms with Gasteiger partial charge in [0, 0.05) is 6.54 Å². The number of carbonyl (C=O) groups is 1. The Kier molecular flexibility index (Phi) is 5.20. The van der Waals surface area contributed by atoms with Crippen LogP contribution in [0, 0.1) is 5.92 Å². The molecule has 1 fully saturated rings. The lowest BCUT2D eigenvalue weighted by molar-refractivity contribution is -0.118. The van der Waals surface area contributed by atoms with Crippen LogP contribution in [0.15, 0.2) is 18.2 Å². The molecule has 0 aliphatic carbocycles. The summed E-state index contributed by atoms with van der Waals surface area (Å²) in [6.07, 6.45) is 1.04. The van der Waals surface area contributed by atoms with E-state index in [0.717, 1.165) is 30.8 Å². The Hall–Kier alpha value is -1.59. The number of ether oxygens (including phenoxy) is 1. The van der Waals surface area contributed by atoms with Gasteiger partial charge >= 0.3 is 0 Å². The zero-order valence-corrected chi connectivity index (χ0v) is 13.3. The lowest BCUT2D eigenvalue weighted by Gasteiger charge is -2.18. The molecule has 2 rings (SSSR count). The molecule has 1 amide bonds. The molecule has 1 aromatic carbocycles. The first-order chi connectivity index (χ1) is 10.0. The average molecular weight is 291 g/mol. The van der Waals surface area contributed by atoms with Crippen molar-refractivity contribution in [3.63, 3.8) is 0 Å². The van der Waals surface area contributed by atoms with Gasteiger partial charge in [0.25, 0.3) is 0 Å². The van der Waals surface area contributed by atoms with Gasteiger partial charge in [0.05, 0.1) is 18.8 Å². The Balaban J connectivity index is 2.14. The van der Waals surface area contributed by atoms with E-state index in [1.165, 1.54) is 0 Å². The zero-order chi connectivity index (χ0) is 15.4. The van der Waals surface area contributed by atoms with E-state index in [1.807, 2.05) is 32.3 Å². The van der Waals surface area contributed by atoms with Crippen LogP contribution >= 0.6 is 0 Å². The average Bonchev–Trinajstić information content (AvgIpc) is 2.84. The molecule has 0 radical (unpaired) electrons. The molecule has 0 spiro atoms. The summed E-state index contributed by atoms with van der Waals surface area (Å²) < 4.78 is 5.35. The molecule has 1 saturated heterocycles. The summed E-state index contributed by atoms with van der Waals surface area (Å²) in [7, 11) is 5.66. The Morgan fingerprint density at radius 3 is 2.81 bits per heavy atom. The van der Waals surface area contributed by atoms with E-state index in [0.29, 0.717) is 11.7 Å². The Morgan fingerprint density at radius 1 is 1.48 bits per heavy atom. The molecule has 0 saturated carbocycles. The smallest absolute Gasteiger partial charge is 0.241 e. The second-order valence-electron chi connectivity index (χ2n) is 5.96.